The van der Waals surface area contributed by atoms with Gasteiger partial charge in [0.05, 0.1) is 10.9 Å². The smallest absolute Gasteiger partial charge is 0.148 e. The number of nitrogen functional groups attached to an aromatic ring is 1. The number of hydrogen-bond acceptors (Lipinski definition) is 6. The summed E-state index contributed by atoms with van der Waals surface area (Å²) < 4.78 is 0.785. The summed E-state index contributed by atoms with van der Waals surface area (Å²) in [4.78, 5) is 9.57. The molecule has 0 bridgehead atoms. The molecule has 0 aliphatic heterocycles. The summed E-state index contributed by atoms with van der Waals surface area (Å²) in [5.74, 6) is 7.19. The highest BCUT2D eigenvalue weighted by molar-refractivity contribution is 7.16. The van der Waals surface area contributed by atoms with Gasteiger partial charge < -0.3 is 10.7 Å². The predicted octanol–water partition coefficient (Wildman–Crippen LogP) is 3.21. The van der Waals surface area contributed by atoms with E-state index in [-0.39, 0.29) is 5.92 Å². The van der Waals surface area contributed by atoms with E-state index in [4.69, 9.17) is 17.4 Å². The van der Waals surface area contributed by atoms with Crippen LogP contribution in [-0.4, -0.2) is 9.97 Å². The van der Waals surface area contributed by atoms with Crippen LogP contribution in [0.25, 0.3) is 0 Å². The number of halogens is 1. The van der Waals surface area contributed by atoms with E-state index in [2.05, 4.69) is 34.6 Å². The van der Waals surface area contributed by atoms with Crippen molar-refractivity contribution in [3.05, 3.63) is 33.2 Å². The van der Waals surface area contributed by atoms with Crippen LogP contribution in [0.3, 0.4) is 0 Å². The summed E-state index contributed by atoms with van der Waals surface area (Å²) in [6.45, 7) is 4.83. The van der Waals surface area contributed by atoms with E-state index >= 15 is 0 Å². The molecule has 2 aromatic rings. The highest BCUT2D eigenvalue weighted by atomic mass is 35.5. The molecular formula is C12H16ClN5S. The van der Waals surface area contributed by atoms with Gasteiger partial charge in [-0.25, -0.2) is 15.8 Å². The summed E-state index contributed by atoms with van der Waals surface area (Å²) >= 11 is 7.46. The Hall–Kier alpha value is -1.37. The molecule has 0 radical (unpaired) electrons. The van der Waals surface area contributed by atoms with Gasteiger partial charge in [-0.3, -0.25) is 0 Å². The lowest BCUT2D eigenvalue weighted by Crippen LogP contribution is -2.14. The number of rotatable bonds is 5. The minimum absolute atomic E-state index is 0.265. The number of thiophene rings is 1. The van der Waals surface area contributed by atoms with Gasteiger partial charge in [0.1, 0.15) is 18.0 Å². The molecule has 5 nitrogen and oxygen atoms in total. The number of aromatic nitrogens is 2. The molecule has 7 heteroatoms. The zero-order valence-electron chi connectivity index (χ0n) is 10.8. The van der Waals surface area contributed by atoms with E-state index in [1.165, 1.54) is 6.33 Å². The summed E-state index contributed by atoms with van der Waals surface area (Å²) in [5.41, 5.74) is 3.59. The maximum atomic E-state index is 5.91. The van der Waals surface area contributed by atoms with Gasteiger partial charge in [0.15, 0.2) is 0 Å². The Morgan fingerprint density at radius 3 is 2.63 bits per heavy atom. The number of nitrogens with one attached hydrogen (secondary N) is 2. The van der Waals surface area contributed by atoms with Gasteiger partial charge in [0.2, 0.25) is 0 Å². The van der Waals surface area contributed by atoms with E-state index < -0.39 is 0 Å². The first-order valence-electron chi connectivity index (χ1n) is 5.91. The standard InChI is InChI=1S/C12H16ClN5S/c1-7(2)10-11(16-6-17-12(10)18-14)15-5-8-3-4-9(13)19-8/h3-4,6-7H,5,14H2,1-2H3,(H2,15,16,17,18). The van der Waals surface area contributed by atoms with Gasteiger partial charge in [-0.15, -0.1) is 11.3 Å². The van der Waals surface area contributed by atoms with Crippen LogP contribution in [0, 0.1) is 0 Å². The molecule has 19 heavy (non-hydrogen) atoms. The van der Waals surface area contributed by atoms with Crippen LogP contribution in [0.5, 0.6) is 0 Å². The van der Waals surface area contributed by atoms with Crippen molar-refractivity contribution < 1.29 is 0 Å². The fourth-order valence-electron chi connectivity index (χ4n) is 1.82. The first kappa shape index (κ1) is 14.0. The summed E-state index contributed by atoms with van der Waals surface area (Å²) in [6, 6.07) is 3.89. The lowest BCUT2D eigenvalue weighted by Gasteiger charge is -2.16. The Bertz CT molecular complexity index is 555. The molecule has 2 aromatic heterocycles. The molecular weight excluding hydrogens is 282 g/mol. The number of nitrogens with zero attached hydrogens (tertiary/aromatic N) is 2. The van der Waals surface area contributed by atoms with E-state index in [0.29, 0.717) is 12.4 Å². The molecule has 0 unspecified atom stereocenters. The Labute approximate surface area is 121 Å². The first-order valence-corrected chi connectivity index (χ1v) is 7.11. The minimum atomic E-state index is 0.265. The number of anilines is 2. The second-order valence-corrected chi connectivity index (χ2v) is 6.14. The van der Waals surface area contributed by atoms with Crippen LogP contribution >= 0.6 is 22.9 Å². The normalized spacial score (nSPS) is 10.8. The predicted molar refractivity (Wildman–Crippen MR) is 80.6 cm³/mol. The van der Waals surface area contributed by atoms with Gasteiger partial charge in [0, 0.05) is 10.4 Å². The third-order valence-corrected chi connectivity index (χ3v) is 3.89. The highest BCUT2D eigenvalue weighted by Gasteiger charge is 2.14. The average molecular weight is 298 g/mol. The van der Waals surface area contributed by atoms with Crippen LogP contribution in [0.4, 0.5) is 11.6 Å². The molecule has 0 fully saturated rings. The van der Waals surface area contributed by atoms with Gasteiger partial charge in [0.25, 0.3) is 0 Å². The van der Waals surface area contributed by atoms with Crippen LogP contribution < -0.4 is 16.6 Å². The molecule has 0 atom stereocenters. The third kappa shape index (κ3) is 3.34. The minimum Gasteiger partial charge on any atom is -0.365 e. The molecule has 0 aliphatic rings. The molecule has 4 N–H and O–H groups in total. The largest absolute Gasteiger partial charge is 0.365 e. The molecule has 2 rings (SSSR count). The van der Waals surface area contributed by atoms with E-state index in [1.807, 2.05) is 12.1 Å². The van der Waals surface area contributed by atoms with Crippen LogP contribution in [0.2, 0.25) is 4.34 Å². The average Bonchev–Trinajstić information content (AvgIpc) is 2.81. The molecule has 0 aromatic carbocycles. The number of hydrazine groups is 1. The monoisotopic (exact) mass is 297 g/mol. The van der Waals surface area contributed by atoms with Crippen LogP contribution in [0.15, 0.2) is 18.5 Å². The zero-order valence-corrected chi connectivity index (χ0v) is 12.3. The third-order valence-electron chi connectivity index (χ3n) is 2.66. The quantitative estimate of drug-likeness (QED) is 0.583. The van der Waals surface area contributed by atoms with E-state index in [9.17, 15) is 0 Å². The highest BCUT2D eigenvalue weighted by Crippen LogP contribution is 2.29. The Morgan fingerprint density at radius 2 is 2.05 bits per heavy atom. The lowest BCUT2D eigenvalue weighted by atomic mass is 10.0. The van der Waals surface area contributed by atoms with Gasteiger partial charge in [-0.05, 0) is 18.1 Å². The van der Waals surface area contributed by atoms with Crippen molar-refractivity contribution in [3.8, 4) is 0 Å². The Morgan fingerprint density at radius 1 is 1.32 bits per heavy atom. The summed E-state index contributed by atoms with van der Waals surface area (Å²) in [6.07, 6.45) is 1.49. The number of nitrogens with two attached hydrogens (primary N) is 1. The fraction of sp³-hybridized carbons (Fsp3) is 0.333. The molecule has 0 saturated heterocycles. The molecule has 0 aliphatic carbocycles. The second-order valence-electron chi connectivity index (χ2n) is 4.34. The molecule has 0 amide bonds. The van der Waals surface area contributed by atoms with Crippen molar-refractivity contribution in [3.63, 3.8) is 0 Å². The van der Waals surface area contributed by atoms with Crippen molar-refractivity contribution >= 4 is 34.6 Å². The van der Waals surface area contributed by atoms with Crippen molar-refractivity contribution in [2.45, 2.75) is 26.3 Å². The van der Waals surface area contributed by atoms with Gasteiger partial charge in [-0.2, -0.15) is 0 Å². The second kappa shape index (κ2) is 6.18. The van der Waals surface area contributed by atoms with Crippen molar-refractivity contribution in [1.82, 2.24) is 9.97 Å². The van der Waals surface area contributed by atoms with Gasteiger partial charge >= 0.3 is 0 Å². The molecule has 0 spiro atoms. The van der Waals surface area contributed by atoms with Gasteiger partial charge in [-0.1, -0.05) is 25.4 Å². The number of hydrogen-bond donors (Lipinski definition) is 3. The van der Waals surface area contributed by atoms with Crippen molar-refractivity contribution in [1.29, 1.82) is 0 Å². The maximum Gasteiger partial charge on any atom is 0.148 e. The Balaban J connectivity index is 2.19. The topological polar surface area (TPSA) is 75.9 Å². The van der Waals surface area contributed by atoms with Crippen molar-refractivity contribution in [2.24, 2.45) is 5.84 Å². The zero-order chi connectivity index (χ0) is 13.8. The maximum absolute atomic E-state index is 5.91. The fourth-order valence-corrected chi connectivity index (χ4v) is 2.84. The van der Waals surface area contributed by atoms with E-state index in [0.717, 1.165) is 20.6 Å². The van der Waals surface area contributed by atoms with Crippen molar-refractivity contribution in [2.75, 3.05) is 10.7 Å². The van der Waals surface area contributed by atoms with Crippen LogP contribution in [-0.2, 0) is 6.54 Å². The first-order chi connectivity index (χ1) is 9.11. The molecule has 102 valence electrons. The summed E-state index contributed by atoms with van der Waals surface area (Å²) in [7, 11) is 0. The van der Waals surface area contributed by atoms with Crippen LogP contribution in [0.1, 0.15) is 30.2 Å². The SMILES string of the molecule is CC(C)c1c(NN)ncnc1NCc1ccc(Cl)s1. The summed E-state index contributed by atoms with van der Waals surface area (Å²) in [5, 5.41) is 3.30. The van der Waals surface area contributed by atoms with E-state index in [1.54, 1.807) is 11.3 Å². The lowest BCUT2D eigenvalue weighted by molar-refractivity contribution is 0.845. The Kier molecular flexibility index (Phi) is 4.57. The molecule has 2 heterocycles. The molecule has 0 saturated carbocycles.